The predicted molar refractivity (Wildman–Crippen MR) is 116 cm³/mol. The molecule has 0 saturated carbocycles. The van der Waals surface area contributed by atoms with Gasteiger partial charge < -0.3 is 18.9 Å². The molecule has 0 aromatic heterocycles. The van der Waals surface area contributed by atoms with E-state index in [9.17, 15) is 19.2 Å². The zero-order valence-corrected chi connectivity index (χ0v) is 18.7. The van der Waals surface area contributed by atoms with Gasteiger partial charge in [0, 0.05) is 17.5 Å². The molecule has 174 valence electrons. The van der Waals surface area contributed by atoms with E-state index in [1.165, 1.54) is 0 Å². The normalized spacial score (nSPS) is 18.8. The molecule has 0 aliphatic carbocycles. The molecule has 0 radical (unpaired) electrons. The first-order valence-electron chi connectivity index (χ1n) is 10.4. The number of benzene rings is 2. The Balaban J connectivity index is 0.00000306. The van der Waals surface area contributed by atoms with Gasteiger partial charge in [0.2, 0.25) is 0 Å². The molecule has 0 saturated heterocycles. The van der Waals surface area contributed by atoms with Crippen LogP contribution in [0.25, 0.3) is 0 Å². The third kappa shape index (κ3) is 5.34. The molecule has 3 atom stereocenters. The Kier molecular flexibility index (Phi) is 7.71. The van der Waals surface area contributed by atoms with Crippen LogP contribution in [0.15, 0.2) is 48.5 Å². The molecule has 2 aromatic carbocycles. The topological polar surface area (TPSA) is 105 Å². The highest BCUT2D eigenvalue weighted by Crippen LogP contribution is 2.33. The second kappa shape index (κ2) is 10.5. The Hall–Kier alpha value is -3.39. The molecule has 3 unspecified atom stereocenters. The zero-order chi connectivity index (χ0) is 22.7. The van der Waals surface area contributed by atoms with Crippen molar-refractivity contribution in [2.75, 3.05) is 0 Å². The van der Waals surface area contributed by atoms with Gasteiger partial charge in [0.25, 0.3) is 12.6 Å². The molecule has 0 bridgehead atoms. The quantitative estimate of drug-likeness (QED) is 0.408. The van der Waals surface area contributed by atoms with Crippen LogP contribution in [0.5, 0.6) is 0 Å². The van der Waals surface area contributed by atoms with E-state index in [4.69, 9.17) is 18.9 Å². The lowest BCUT2D eigenvalue weighted by Crippen LogP contribution is -2.18. The molecule has 2 aliphatic heterocycles. The molecule has 0 spiro atoms. The number of rotatable bonds is 8. The fourth-order valence-electron chi connectivity index (χ4n) is 3.64. The van der Waals surface area contributed by atoms with Crippen molar-refractivity contribution < 1.29 is 38.1 Å². The van der Waals surface area contributed by atoms with Crippen molar-refractivity contribution in [1.82, 2.24) is 0 Å². The van der Waals surface area contributed by atoms with E-state index in [2.05, 4.69) is 0 Å². The summed E-state index contributed by atoms with van der Waals surface area (Å²) in [6, 6.07) is 13.5. The van der Waals surface area contributed by atoms with Crippen molar-refractivity contribution in [3.63, 3.8) is 0 Å². The summed E-state index contributed by atoms with van der Waals surface area (Å²) in [5.74, 6) is -2.41. The summed E-state index contributed by atoms with van der Waals surface area (Å²) in [6.07, 6.45) is -0.327. The van der Waals surface area contributed by atoms with Gasteiger partial charge in [-0.3, -0.25) is 9.59 Å². The number of fused-ring (bicyclic) bond motifs is 2. The van der Waals surface area contributed by atoms with Gasteiger partial charge in [-0.2, -0.15) is 0 Å². The number of unbranched alkanes of at least 4 members (excludes halogenated alkanes) is 1. The lowest BCUT2D eigenvalue weighted by atomic mass is 10.0. The van der Waals surface area contributed by atoms with E-state index in [1.807, 2.05) is 0 Å². The van der Waals surface area contributed by atoms with E-state index in [1.54, 1.807) is 55.5 Å². The van der Waals surface area contributed by atoms with Crippen molar-refractivity contribution in [1.29, 1.82) is 0 Å². The molecular formula is C24H23ClO8. The Morgan fingerprint density at radius 3 is 1.94 bits per heavy atom. The maximum absolute atomic E-state index is 12.4. The van der Waals surface area contributed by atoms with E-state index in [0.29, 0.717) is 41.5 Å². The maximum atomic E-state index is 12.4. The van der Waals surface area contributed by atoms with E-state index >= 15 is 0 Å². The zero-order valence-electron chi connectivity index (χ0n) is 17.9. The lowest BCUT2D eigenvalue weighted by molar-refractivity contribution is -0.172. The van der Waals surface area contributed by atoms with Crippen LogP contribution in [-0.2, 0) is 28.5 Å². The summed E-state index contributed by atoms with van der Waals surface area (Å²) >= 11 is 0. The molecule has 4 rings (SSSR count). The van der Waals surface area contributed by atoms with Crippen LogP contribution >= 0.6 is 12.4 Å². The largest absolute Gasteiger partial charge is 0.421 e. The summed E-state index contributed by atoms with van der Waals surface area (Å²) in [5, 5.41) is 0. The van der Waals surface area contributed by atoms with Crippen molar-refractivity contribution in [2.45, 2.75) is 45.2 Å². The molecule has 0 N–H and O–H groups in total. The third-order valence-electron chi connectivity index (χ3n) is 5.43. The van der Waals surface area contributed by atoms with Crippen molar-refractivity contribution in [2.24, 2.45) is 5.92 Å². The van der Waals surface area contributed by atoms with Gasteiger partial charge in [-0.15, -0.1) is 12.4 Å². The van der Waals surface area contributed by atoms with Gasteiger partial charge >= 0.3 is 23.9 Å². The Morgan fingerprint density at radius 1 is 0.848 bits per heavy atom. The monoisotopic (exact) mass is 474 g/mol. The highest BCUT2D eigenvalue weighted by atomic mass is 35.5. The number of hydrogen-bond donors (Lipinski definition) is 0. The lowest BCUT2D eigenvalue weighted by Gasteiger charge is -2.16. The average Bonchev–Trinajstić information content (AvgIpc) is 3.28. The van der Waals surface area contributed by atoms with Gasteiger partial charge in [0.15, 0.2) is 0 Å². The minimum Gasteiger partial charge on any atom is -0.421 e. The first-order chi connectivity index (χ1) is 15.4. The number of halogens is 1. The second-order valence-electron chi connectivity index (χ2n) is 7.72. The highest BCUT2D eigenvalue weighted by molar-refractivity contribution is 5.94. The molecular weight excluding hydrogens is 452 g/mol. The van der Waals surface area contributed by atoms with E-state index in [-0.39, 0.29) is 18.8 Å². The minimum absolute atomic E-state index is 0. The number of carbonyl (C=O) groups is 4. The molecule has 2 aromatic rings. The first-order valence-corrected chi connectivity index (χ1v) is 10.4. The molecule has 0 amide bonds. The molecule has 8 nitrogen and oxygen atoms in total. The molecule has 2 heterocycles. The summed E-state index contributed by atoms with van der Waals surface area (Å²) in [6.45, 7) is 1.72. The summed E-state index contributed by atoms with van der Waals surface area (Å²) < 4.78 is 20.9. The van der Waals surface area contributed by atoms with Crippen LogP contribution in [0.2, 0.25) is 0 Å². The average molecular weight is 475 g/mol. The fourth-order valence-corrected chi connectivity index (χ4v) is 3.64. The SMILES string of the molecule is CC(CCCCC(=O)OC1OC(=O)c2ccccc21)C(=O)OC1OC(=O)c2ccccc21.Cl. The maximum Gasteiger partial charge on any atom is 0.342 e. The summed E-state index contributed by atoms with van der Waals surface area (Å²) in [5.41, 5.74) is 1.87. The van der Waals surface area contributed by atoms with Crippen LogP contribution in [0, 0.1) is 5.92 Å². The third-order valence-corrected chi connectivity index (χ3v) is 5.43. The number of carbonyl (C=O) groups excluding carboxylic acids is 4. The fraction of sp³-hybridized carbons (Fsp3) is 0.333. The Labute approximate surface area is 196 Å². The molecule has 9 heteroatoms. The predicted octanol–water partition coefficient (Wildman–Crippen LogP) is 4.43. The number of cyclic esters (lactones) is 2. The molecule has 2 aliphatic rings. The number of hydrogen-bond acceptors (Lipinski definition) is 8. The molecule has 33 heavy (non-hydrogen) atoms. The van der Waals surface area contributed by atoms with Crippen LogP contribution in [-0.4, -0.2) is 23.9 Å². The van der Waals surface area contributed by atoms with Crippen molar-refractivity contribution in [3.8, 4) is 0 Å². The summed E-state index contributed by atoms with van der Waals surface area (Å²) in [7, 11) is 0. The Bertz CT molecular complexity index is 1070. The van der Waals surface area contributed by atoms with E-state index < -0.39 is 42.4 Å². The second-order valence-corrected chi connectivity index (χ2v) is 7.72. The van der Waals surface area contributed by atoms with Crippen LogP contribution in [0.3, 0.4) is 0 Å². The van der Waals surface area contributed by atoms with Gasteiger partial charge in [-0.25, -0.2) is 9.59 Å². The molecule has 0 fully saturated rings. The van der Waals surface area contributed by atoms with Crippen LogP contribution in [0.4, 0.5) is 0 Å². The smallest absolute Gasteiger partial charge is 0.342 e. The van der Waals surface area contributed by atoms with Crippen molar-refractivity contribution >= 4 is 36.3 Å². The van der Waals surface area contributed by atoms with Gasteiger partial charge in [0.1, 0.15) is 0 Å². The minimum atomic E-state index is -1.03. The first kappa shape index (κ1) is 24.3. The Morgan fingerprint density at radius 2 is 1.36 bits per heavy atom. The highest BCUT2D eigenvalue weighted by Gasteiger charge is 2.35. The van der Waals surface area contributed by atoms with E-state index in [0.717, 1.165) is 0 Å². The number of esters is 4. The van der Waals surface area contributed by atoms with Crippen LogP contribution in [0.1, 0.15) is 77.0 Å². The summed E-state index contributed by atoms with van der Waals surface area (Å²) in [4.78, 5) is 48.1. The van der Waals surface area contributed by atoms with Crippen molar-refractivity contribution in [3.05, 3.63) is 70.8 Å². The standard InChI is InChI=1S/C24H22O8.ClH/c1-14(20(26)30-24-18-12-6-4-10-16(18)22(28)32-24)8-2-7-13-19(25)29-23-17-11-5-3-9-15(17)21(27)31-23;/h3-6,9-12,14,23-24H,2,7-8,13H2,1H3;1H. The number of ether oxygens (including phenoxy) is 4. The van der Waals surface area contributed by atoms with Gasteiger partial charge in [-0.05, 0) is 25.0 Å². The van der Waals surface area contributed by atoms with Gasteiger partial charge in [0.05, 0.1) is 17.0 Å². The van der Waals surface area contributed by atoms with Gasteiger partial charge in [-0.1, -0.05) is 49.7 Å². The van der Waals surface area contributed by atoms with Crippen LogP contribution < -0.4 is 0 Å².